The minimum atomic E-state index is -0.405. The first-order valence-electron chi connectivity index (χ1n) is 6.67. The molecule has 0 saturated carbocycles. The van der Waals surface area contributed by atoms with Crippen molar-refractivity contribution in [3.63, 3.8) is 0 Å². The van der Waals surface area contributed by atoms with E-state index >= 15 is 0 Å². The lowest BCUT2D eigenvalue weighted by atomic mass is 9.88. The van der Waals surface area contributed by atoms with Gasteiger partial charge in [-0.05, 0) is 37.2 Å². The molecule has 1 aromatic heterocycles. The zero-order chi connectivity index (χ0) is 14.3. The second-order valence-electron chi connectivity index (χ2n) is 5.31. The average Bonchev–Trinajstić information content (AvgIpc) is 2.63. The highest BCUT2D eigenvalue weighted by molar-refractivity contribution is 5.94. The van der Waals surface area contributed by atoms with Crippen molar-refractivity contribution in [3.8, 4) is 0 Å². The van der Waals surface area contributed by atoms with Gasteiger partial charge in [-0.3, -0.25) is 9.36 Å². The number of carbonyl (C=O) groups excluding carboxylic acids is 1. The zero-order valence-electron chi connectivity index (χ0n) is 11.9. The third-order valence-electron chi connectivity index (χ3n) is 3.99. The van der Waals surface area contributed by atoms with Crippen LogP contribution in [-0.2, 0) is 11.8 Å². The van der Waals surface area contributed by atoms with Crippen molar-refractivity contribution in [3.05, 3.63) is 28.7 Å². The summed E-state index contributed by atoms with van der Waals surface area (Å²) in [6.45, 7) is 3.72. The van der Waals surface area contributed by atoms with Gasteiger partial charge in [0.15, 0.2) is 5.58 Å². The molecule has 0 aliphatic carbocycles. The maximum absolute atomic E-state index is 12.1. The van der Waals surface area contributed by atoms with Crippen molar-refractivity contribution in [2.24, 2.45) is 18.9 Å². The van der Waals surface area contributed by atoms with Crippen molar-refractivity contribution in [2.45, 2.75) is 6.92 Å². The Hall–Kier alpha value is -1.79. The molecule has 7 heteroatoms. The van der Waals surface area contributed by atoms with Crippen LogP contribution in [0.25, 0.3) is 11.1 Å². The number of fused-ring (bicyclic) bond motifs is 1. The van der Waals surface area contributed by atoms with E-state index in [-0.39, 0.29) is 24.2 Å². The second kappa shape index (κ2) is 5.91. The van der Waals surface area contributed by atoms with Gasteiger partial charge in [0.2, 0.25) is 5.91 Å². The largest absolute Gasteiger partial charge is 0.419 e. The Bertz CT molecular complexity index is 718. The molecule has 2 aromatic rings. The number of rotatable bonds is 3. The van der Waals surface area contributed by atoms with Gasteiger partial charge in [0.25, 0.3) is 0 Å². The number of hydrogen-bond donors (Lipinski definition) is 2. The third-order valence-corrected chi connectivity index (χ3v) is 3.99. The summed E-state index contributed by atoms with van der Waals surface area (Å²) in [5.74, 6) is -0.0288. The third kappa shape index (κ3) is 2.82. The van der Waals surface area contributed by atoms with Gasteiger partial charge < -0.3 is 15.1 Å². The zero-order valence-corrected chi connectivity index (χ0v) is 12.7. The van der Waals surface area contributed by atoms with Crippen LogP contribution in [0.5, 0.6) is 0 Å². The molecule has 1 atom stereocenters. The average molecular weight is 312 g/mol. The van der Waals surface area contributed by atoms with Gasteiger partial charge in [-0.15, -0.1) is 12.4 Å². The Labute approximate surface area is 127 Å². The SMILES string of the molecule is CC(C(=O)Nc1ccc2oc(=O)n(C)c2c1)C1CNC1.Cl. The van der Waals surface area contributed by atoms with E-state index in [1.165, 1.54) is 4.57 Å². The van der Waals surface area contributed by atoms with Crippen LogP contribution < -0.4 is 16.4 Å². The molecule has 1 amide bonds. The quantitative estimate of drug-likeness (QED) is 0.897. The molecule has 3 rings (SSSR count). The fourth-order valence-corrected chi connectivity index (χ4v) is 2.34. The van der Waals surface area contributed by atoms with Gasteiger partial charge in [-0.1, -0.05) is 6.92 Å². The summed E-state index contributed by atoms with van der Waals surface area (Å²) in [6.07, 6.45) is 0. The lowest BCUT2D eigenvalue weighted by molar-refractivity contribution is -0.121. The molecule has 6 nitrogen and oxygen atoms in total. The Morgan fingerprint density at radius 3 is 2.81 bits per heavy atom. The van der Waals surface area contributed by atoms with E-state index in [2.05, 4.69) is 10.6 Å². The summed E-state index contributed by atoms with van der Waals surface area (Å²) < 4.78 is 6.48. The normalized spacial score (nSPS) is 16.1. The van der Waals surface area contributed by atoms with Gasteiger partial charge in [0, 0.05) is 18.7 Å². The van der Waals surface area contributed by atoms with Crippen molar-refractivity contribution >= 4 is 35.1 Å². The standard InChI is InChI=1S/C14H17N3O3.ClH/c1-8(9-6-15-7-9)13(18)16-10-3-4-12-11(5-10)17(2)14(19)20-12;/h3-5,8-9,15H,6-7H2,1-2H3,(H,16,18);1H. The first-order valence-corrected chi connectivity index (χ1v) is 6.67. The fraction of sp³-hybridized carbons (Fsp3) is 0.429. The number of amides is 1. The van der Waals surface area contributed by atoms with E-state index in [0.29, 0.717) is 22.7 Å². The van der Waals surface area contributed by atoms with Crippen molar-refractivity contribution in [1.82, 2.24) is 9.88 Å². The number of carbonyl (C=O) groups is 1. The molecule has 2 heterocycles. The van der Waals surface area contributed by atoms with Crippen molar-refractivity contribution in [1.29, 1.82) is 0 Å². The summed E-state index contributed by atoms with van der Waals surface area (Å²) in [7, 11) is 1.64. The maximum Gasteiger partial charge on any atom is 0.419 e. The fourth-order valence-electron chi connectivity index (χ4n) is 2.34. The molecule has 114 valence electrons. The highest BCUT2D eigenvalue weighted by atomic mass is 35.5. The molecule has 0 spiro atoms. The molecule has 1 unspecified atom stereocenters. The first-order chi connectivity index (χ1) is 9.56. The molecule has 1 aromatic carbocycles. The van der Waals surface area contributed by atoms with E-state index in [1.54, 1.807) is 25.2 Å². The van der Waals surface area contributed by atoms with Crippen molar-refractivity contribution in [2.75, 3.05) is 18.4 Å². The molecule has 1 aliphatic rings. The van der Waals surface area contributed by atoms with Crippen LogP contribution in [0.4, 0.5) is 5.69 Å². The van der Waals surface area contributed by atoms with Gasteiger partial charge in [0.1, 0.15) is 0 Å². The Morgan fingerprint density at radius 2 is 2.19 bits per heavy atom. The lowest BCUT2D eigenvalue weighted by Crippen LogP contribution is -2.48. The van der Waals surface area contributed by atoms with Crippen LogP contribution in [0, 0.1) is 11.8 Å². The predicted molar refractivity (Wildman–Crippen MR) is 82.9 cm³/mol. The second-order valence-corrected chi connectivity index (χ2v) is 5.31. The van der Waals surface area contributed by atoms with Gasteiger partial charge in [0.05, 0.1) is 5.52 Å². The van der Waals surface area contributed by atoms with Crippen LogP contribution in [0.2, 0.25) is 0 Å². The van der Waals surface area contributed by atoms with Crippen LogP contribution >= 0.6 is 12.4 Å². The minimum Gasteiger partial charge on any atom is -0.408 e. The number of nitrogens with zero attached hydrogens (tertiary/aromatic N) is 1. The number of hydrogen-bond acceptors (Lipinski definition) is 4. The summed E-state index contributed by atoms with van der Waals surface area (Å²) in [5, 5.41) is 6.06. The maximum atomic E-state index is 12.1. The molecule has 1 saturated heterocycles. The highest BCUT2D eigenvalue weighted by Gasteiger charge is 2.28. The summed E-state index contributed by atoms with van der Waals surface area (Å²) in [5.41, 5.74) is 1.87. The van der Waals surface area contributed by atoms with Crippen LogP contribution in [0.1, 0.15) is 6.92 Å². The topological polar surface area (TPSA) is 76.3 Å². The molecule has 0 radical (unpaired) electrons. The highest BCUT2D eigenvalue weighted by Crippen LogP contribution is 2.21. The minimum absolute atomic E-state index is 0. The number of aryl methyl sites for hydroxylation is 1. The van der Waals surface area contributed by atoms with Gasteiger partial charge in [-0.2, -0.15) is 0 Å². The van der Waals surface area contributed by atoms with E-state index < -0.39 is 5.76 Å². The van der Waals surface area contributed by atoms with Crippen molar-refractivity contribution < 1.29 is 9.21 Å². The molecule has 0 bridgehead atoms. The molecule has 21 heavy (non-hydrogen) atoms. The van der Waals surface area contributed by atoms with Gasteiger partial charge in [-0.25, -0.2) is 4.79 Å². The molecule has 2 N–H and O–H groups in total. The lowest BCUT2D eigenvalue weighted by Gasteiger charge is -2.31. The number of halogens is 1. The number of aromatic nitrogens is 1. The Balaban J connectivity index is 0.00000161. The van der Waals surface area contributed by atoms with E-state index in [1.807, 2.05) is 6.92 Å². The number of anilines is 1. The van der Waals surface area contributed by atoms with E-state index in [9.17, 15) is 9.59 Å². The van der Waals surface area contributed by atoms with E-state index in [0.717, 1.165) is 13.1 Å². The summed E-state index contributed by atoms with van der Waals surface area (Å²) >= 11 is 0. The van der Waals surface area contributed by atoms with Crippen LogP contribution in [0.3, 0.4) is 0 Å². The predicted octanol–water partition coefficient (Wildman–Crippen LogP) is 1.35. The Morgan fingerprint density at radius 1 is 1.48 bits per heavy atom. The molecular formula is C14H18ClN3O3. The Kier molecular flexibility index (Phi) is 4.39. The number of nitrogens with one attached hydrogen (secondary N) is 2. The van der Waals surface area contributed by atoms with Gasteiger partial charge >= 0.3 is 5.76 Å². The monoisotopic (exact) mass is 311 g/mol. The molecule has 1 fully saturated rings. The number of benzene rings is 1. The van der Waals surface area contributed by atoms with E-state index in [4.69, 9.17) is 4.42 Å². The summed E-state index contributed by atoms with van der Waals surface area (Å²) in [6, 6.07) is 5.20. The van der Waals surface area contributed by atoms with Crippen LogP contribution in [0.15, 0.2) is 27.4 Å². The van der Waals surface area contributed by atoms with Crippen LogP contribution in [-0.4, -0.2) is 23.6 Å². The smallest absolute Gasteiger partial charge is 0.408 e. The number of oxazole rings is 1. The molecular weight excluding hydrogens is 294 g/mol. The first kappa shape index (κ1) is 15.6. The summed E-state index contributed by atoms with van der Waals surface area (Å²) in [4.78, 5) is 23.6. The molecule has 1 aliphatic heterocycles.